The standard InChI is InChI=1S/C14H26N2O3/c1-10(2)8-14(6-4-5-7-14)9-15-13(19)16-11(3)12(17)18/h10-11H,4-9H2,1-3H3,(H,17,18)(H2,15,16,19). The molecule has 19 heavy (non-hydrogen) atoms. The molecule has 0 saturated heterocycles. The van der Waals surface area contributed by atoms with Gasteiger partial charge in [-0.1, -0.05) is 26.7 Å². The summed E-state index contributed by atoms with van der Waals surface area (Å²) in [6.07, 6.45) is 5.87. The number of carbonyl (C=O) groups excluding carboxylic acids is 1. The Morgan fingerprint density at radius 3 is 2.26 bits per heavy atom. The molecule has 1 atom stereocenters. The van der Waals surface area contributed by atoms with Gasteiger partial charge >= 0.3 is 12.0 Å². The molecule has 3 N–H and O–H groups in total. The van der Waals surface area contributed by atoms with Gasteiger partial charge in [-0.05, 0) is 37.5 Å². The van der Waals surface area contributed by atoms with Crippen LogP contribution in [0.15, 0.2) is 0 Å². The molecule has 2 amide bonds. The summed E-state index contributed by atoms with van der Waals surface area (Å²) in [5, 5.41) is 14.0. The quantitative estimate of drug-likeness (QED) is 0.693. The van der Waals surface area contributed by atoms with E-state index in [1.807, 2.05) is 0 Å². The van der Waals surface area contributed by atoms with Crippen LogP contribution in [0.1, 0.15) is 52.9 Å². The first-order valence-electron chi connectivity index (χ1n) is 7.12. The van der Waals surface area contributed by atoms with Crippen LogP contribution < -0.4 is 10.6 Å². The van der Waals surface area contributed by atoms with E-state index >= 15 is 0 Å². The van der Waals surface area contributed by atoms with Gasteiger partial charge in [-0.25, -0.2) is 4.79 Å². The summed E-state index contributed by atoms with van der Waals surface area (Å²) in [5.74, 6) is -0.409. The number of urea groups is 1. The van der Waals surface area contributed by atoms with Crippen molar-refractivity contribution in [1.29, 1.82) is 0 Å². The maximum Gasteiger partial charge on any atom is 0.325 e. The normalized spacial score (nSPS) is 19.2. The summed E-state index contributed by atoms with van der Waals surface area (Å²) in [4.78, 5) is 22.3. The maximum atomic E-state index is 11.7. The molecule has 1 aliphatic carbocycles. The fourth-order valence-electron chi connectivity index (χ4n) is 3.02. The third-order valence-corrected chi connectivity index (χ3v) is 3.85. The molecule has 0 aromatic heterocycles. The summed E-state index contributed by atoms with van der Waals surface area (Å²) in [6, 6.07) is -1.24. The first kappa shape index (κ1) is 15.8. The van der Waals surface area contributed by atoms with Crippen molar-refractivity contribution in [3.05, 3.63) is 0 Å². The van der Waals surface area contributed by atoms with E-state index < -0.39 is 12.0 Å². The molecule has 1 saturated carbocycles. The smallest absolute Gasteiger partial charge is 0.325 e. The highest BCUT2D eigenvalue weighted by atomic mass is 16.4. The van der Waals surface area contributed by atoms with Gasteiger partial charge in [0.25, 0.3) is 0 Å². The Labute approximate surface area is 115 Å². The van der Waals surface area contributed by atoms with E-state index in [-0.39, 0.29) is 11.4 Å². The highest BCUT2D eigenvalue weighted by Gasteiger charge is 2.34. The van der Waals surface area contributed by atoms with Gasteiger partial charge in [0.15, 0.2) is 0 Å². The largest absolute Gasteiger partial charge is 0.480 e. The van der Waals surface area contributed by atoms with E-state index in [0.717, 1.165) is 19.3 Å². The fourth-order valence-corrected chi connectivity index (χ4v) is 3.02. The molecule has 1 aliphatic rings. The summed E-state index contributed by atoms with van der Waals surface area (Å²) in [5.41, 5.74) is 0.206. The van der Waals surface area contributed by atoms with E-state index in [1.165, 1.54) is 19.8 Å². The van der Waals surface area contributed by atoms with E-state index in [9.17, 15) is 9.59 Å². The predicted molar refractivity (Wildman–Crippen MR) is 74.0 cm³/mol. The fraction of sp³-hybridized carbons (Fsp3) is 0.857. The molecule has 5 nitrogen and oxygen atoms in total. The highest BCUT2D eigenvalue weighted by molar-refractivity contribution is 5.82. The number of rotatable bonds is 6. The Kier molecular flexibility index (Phi) is 5.63. The second kappa shape index (κ2) is 6.78. The Hall–Kier alpha value is -1.26. The van der Waals surface area contributed by atoms with Crippen LogP contribution in [-0.2, 0) is 4.79 Å². The van der Waals surface area contributed by atoms with Gasteiger partial charge in [-0.3, -0.25) is 4.79 Å². The van der Waals surface area contributed by atoms with Gasteiger partial charge in [0.05, 0.1) is 0 Å². The molecule has 1 unspecified atom stereocenters. The average molecular weight is 270 g/mol. The van der Waals surface area contributed by atoms with Crippen molar-refractivity contribution in [2.24, 2.45) is 11.3 Å². The molecule has 0 aromatic rings. The zero-order valence-corrected chi connectivity index (χ0v) is 12.2. The number of aliphatic carboxylic acids is 1. The van der Waals surface area contributed by atoms with Crippen LogP contribution >= 0.6 is 0 Å². The van der Waals surface area contributed by atoms with E-state index in [2.05, 4.69) is 24.5 Å². The zero-order chi connectivity index (χ0) is 14.5. The number of hydrogen-bond donors (Lipinski definition) is 3. The number of carboxylic acid groups (broad SMARTS) is 1. The monoisotopic (exact) mass is 270 g/mol. The lowest BCUT2D eigenvalue weighted by molar-refractivity contribution is -0.138. The van der Waals surface area contributed by atoms with Gasteiger partial charge in [0.1, 0.15) is 6.04 Å². The van der Waals surface area contributed by atoms with Gasteiger partial charge in [0.2, 0.25) is 0 Å². The first-order chi connectivity index (χ1) is 8.84. The summed E-state index contributed by atoms with van der Waals surface area (Å²) in [6.45, 7) is 6.50. The highest BCUT2D eigenvalue weighted by Crippen LogP contribution is 2.42. The van der Waals surface area contributed by atoms with Gasteiger partial charge < -0.3 is 15.7 Å². The van der Waals surface area contributed by atoms with E-state index in [0.29, 0.717) is 12.5 Å². The molecule has 0 aromatic carbocycles. The van der Waals surface area contributed by atoms with E-state index in [4.69, 9.17) is 5.11 Å². The molecule has 1 fully saturated rings. The van der Waals surface area contributed by atoms with Crippen LogP contribution in [0, 0.1) is 11.3 Å². The van der Waals surface area contributed by atoms with Crippen LogP contribution in [0.25, 0.3) is 0 Å². The van der Waals surface area contributed by atoms with Gasteiger partial charge in [0, 0.05) is 6.54 Å². The SMILES string of the molecule is CC(C)CC1(CNC(=O)NC(C)C(=O)O)CCCC1. The zero-order valence-electron chi connectivity index (χ0n) is 12.2. The molecule has 0 aliphatic heterocycles. The van der Waals surface area contributed by atoms with Crippen molar-refractivity contribution in [2.45, 2.75) is 58.9 Å². The molecule has 0 heterocycles. The Morgan fingerprint density at radius 1 is 1.21 bits per heavy atom. The third-order valence-electron chi connectivity index (χ3n) is 3.85. The van der Waals surface area contributed by atoms with Crippen molar-refractivity contribution in [1.82, 2.24) is 10.6 Å². The summed E-state index contributed by atoms with van der Waals surface area (Å²) >= 11 is 0. The van der Waals surface area contributed by atoms with Crippen LogP contribution in [0.4, 0.5) is 4.79 Å². The molecule has 1 rings (SSSR count). The second-order valence-corrected chi connectivity index (χ2v) is 6.19. The topological polar surface area (TPSA) is 78.4 Å². The molecule has 5 heteroatoms. The van der Waals surface area contributed by atoms with Crippen LogP contribution in [0.3, 0.4) is 0 Å². The molecule has 110 valence electrons. The number of carboxylic acids is 1. The van der Waals surface area contributed by atoms with Crippen LogP contribution in [0.5, 0.6) is 0 Å². The lowest BCUT2D eigenvalue weighted by atomic mass is 9.78. The summed E-state index contributed by atoms with van der Waals surface area (Å²) in [7, 11) is 0. The number of carbonyl (C=O) groups is 2. The van der Waals surface area contributed by atoms with Gasteiger partial charge in [-0.2, -0.15) is 0 Å². The van der Waals surface area contributed by atoms with Crippen molar-refractivity contribution < 1.29 is 14.7 Å². The Balaban J connectivity index is 2.44. The van der Waals surface area contributed by atoms with Crippen LogP contribution in [-0.4, -0.2) is 29.7 Å². The van der Waals surface area contributed by atoms with Gasteiger partial charge in [-0.15, -0.1) is 0 Å². The third kappa shape index (κ3) is 5.09. The summed E-state index contributed by atoms with van der Waals surface area (Å²) < 4.78 is 0. The number of amides is 2. The van der Waals surface area contributed by atoms with Crippen molar-refractivity contribution >= 4 is 12.0 Å². The van der Waals surface area contributed by atoms with Crippen LogP contribution in [0.2, 0.25) is 0 Å². The first-order valence-corrected chi connectivity index (χ1v) is 7.12. The minimum absolute atomic E-state index is 0.206. The minimum atomic E-state index is -1.02. The maximum absolute atomic E-state index is 11.7. The van der Waals surface area contributed by atoms with Crippen molar-refractivity contribution in [3.8, 4) is 0 Å². The lowest BCUT2D eigenvalue weighted by Crippen LogP contribution is -2.47. The van der Waals surface area contributed by atoms with Crippen molar-refractivity contribution in [3.63, 3.8) is 0 Å². The molecular formula is C14H26N2O3. The lowest BCUT2D eigenvalue weighted by Gasteiger charge is -2.31. The number of nitrogens with one attached hydrogen (secondary N) is 2. The molecule has 0 radical (unpaired) electrons. The molecule has 0 bridgehead atoms. The molecule has 0 spiro atoms. The molecular weight excluding hydrogens is 244 g/mol. The second-order valence-electron chi connectivity index (χ2n) is 6.19. The Bertz CT molecular complexity index is 323. The van der Waals surface area contributed by atoms with E-state index in [1.54, 1.807) is 0 Å². The predicted octanol–water partition coefficient (Wildman–Crippen LogP) is 2.37. The number of hydrogen-bond acceptors (Lipinski definition) is 2. The van der Waals surface area contributed by atoms with Crippen molar-refractivity contribution in [2.75, 3.05) is 6.54 Å². The average Bonchev–Trinajstić information content (AvgIpc) is 2.74. The minimum Gasteiger partial charge on any atom is -0.480 e. The Morgan fingerprint density at radius 2 is 1.79 bits per heavy atom.